The van der Waals surface area contributed by atoms with Crippen LogP contribution in [0.4, 0.5) is 0 Å². The highest BCUT2D eigenvalue weighted by Gasteiger charge is 2.22. The minimum absolute atomic E-state index is 0.912. The van der Waals surface area contributed by atoms with Gasteiger partial charge in [0.25, 0.3) is 0 Å². The van der Waals surface area contributed by atoms with E-state index in [1.807, 2.05) is 22.7 Å². The summed E-state index contributed by atoms with van der Waals surface area (Å²) in [5.41, 5.74) is 23.5. The van der Waals surface area contributed by atoms with Crippen LogP contribution in [0, 0.1) is 6.92 Å². The van der Waals surface area contributed by atoms with Crippen LogP contribution in [0.5, 0.6) is 0 Å². The Kier molecular flexibility index (Phi) is 11.7. The molecule has 18 rings (SSSR count). The Balaban J connectivity index is 0.694. The summed E-state index contributed by atoms with van der Waals surface area (Å²) >= 11 is 3.80. The lowest BCUT2D eigenvalue weighted by molar-refractivity contribution is 0.972. The van der Waals surface area contributed by atoms with Gasteiger partial charge in [-0.15, -0.1) is 22.7 Å². The van der Waals surface area contributed by atoms with E-state index in [0.717, 1.165) is 18.5 Å². The molecule has 0 spiro atoms. The fourth-order valence-electron chi connectivity index (χ4n) is 14.4. The predicted molar refractivity (Wildman–Crippen MR) is 378 cm³/mol. The Morgan fingerprint density at radius 1 is 0.307 bits per heavy atom. The number of aryl methyl sites for hydroxylation is 3. The van der Waals surface area contributed by atoms with E-state index >= 15 is 0 Å². The summed E-state index contributed by atoms with van der Waals surface area (Å²) < 4.78 is 12.5. The zero-order valence-corrected chi connectivity index (χ0v) is 49.9. The van der Waals surface area contributed by atoms with Crippen molar-refractivity contribution in [3.63, 3.8) is 0 Å². The first kappa shape index (κ1) is 50.7. The number of hydrogen-bond donors (Lipinski definition) is 0. The molecule has 0 unspecified atom stereocenters. The third-order valence-electron chi connectivity index (χ3n) is 18.6. The molecule has 0 aliphatic rings. The maximum absolute atomic E-state index is 2.49. The first-order chi connectivity index (χ1) is 43.5. The van der Waals surface area contributed by atoms with Crippen LogP contribution < -0.4 is 0 Å². The van der Waals surface area contributed by atoms with Crippen molar-refractivity contribution < 1.29 is 0 Å². The molecule has 0 atom stereocenters. The third kappa shape index (κ3) is 8.08. The quantitative estimate of drug-likeness (QED) is 0.130. The zero-order valence-electron chi connectivity index (χ0n) is 48.3. The molecule has 0 bridgehead atoms. The van der Waals surface area contributed by atoms with Crippen molar-refractivity contribution in [3.8, 4) is 61.6 Å². The highest BCUT2D eigenvalue weighted by atomic mass is 32.1. The lowest BCUT2D eigenvalue weighted by Crippen LogP contribution is -1.97. The molecule has 0 radical (unpaired) electrons. The first-order valence-corrected chi connectivity index (χ1v) is 32.1. The number of aromatic nitrogens is 3. The number of rotatable bonds is 10. The summed E-state index contributed by atoms with van der Waals surface area (Å²) in [7, 11) is 0. The van der Waals surface area contributed by atoms with Crippen LogP contribution in [0.2, 0.25) is 0 Å². The van der Waals surface area contributed by atoms with Gasteiger partial charge in [-0.05, 0) is 190 Å². The van der Waals surface area contributed by atoms with Gasteiger partial charge >= 0.3 is 0 Å². The molecule has 5 aromatic heterocycles. The highest BCUT2D eigenvalue weighted by molar-refractivity contribution is 7.26. The van der Waals surface area contributed by atoms with Crippen molar-refractivity contribution in [2.45, 2.75) is 19.8 Å². The number of hydrogen-bond acceptors (Lipinski definition) is 2. The second kappa shape index (κ2) is 20.3. The molecule has 0 aliphatic carbocycles. The number of fused-ring (bicyclic) bond motifs is 13. The van der Waals surface area contributed by atoms with Gasteiger partial charge in [-0.3, -0.25) is 0 Å². The topological polar surface area (TPSA) is 14.8 Å². The van der Waals surface area contributed by atoms with Crippen LogP contribution in [0.25, 0.3) is 156 Å². The van der Waals surface area contributed by atoms with Gasteiger partial charge in [0.1, 0.15) is 0 Å². The van der Waals surface area contributed by atoms with Gasteiger partial charge in [0, 0.05) is 84.8 Å². The molecule has 13 aromatic carbocycles. The van der Waals surface area contributed by atoms with Gasteiger partial charge in [0.05, 0.1) is 33.3 Å². The lowest BCUT2D eigenvalue weighted by Gasteiger charge is -2.15. The van der Waals surface area contributed by atoms with Gasteiger partial charge in [-0.25, -0.2) is 0 Å². The molecule has 18 aromatic rings. The Morgan fingerprint density at radius 2 is 0.886 bits per heavy atom. The fourth-order valence-corrected chi connectivity index (χ4v) is 16.8. The van der Waals surface area contributed by atoms with Crippen LogP contribution in [-0.4, -0.2) is 13.7 Å². The monoisotopic (exact) mass is 1160 g/mol. The van der Waals surface area contributed by atoms with E-state index in [2.05, 4.69) is 312 Å². The second-order valence-corrected chi connectivity index (χ2v) is 25.7. The maximum Gasteiger partial charge on any atom is 0.0555 e. The van der Waals surface area contributed by atoms with E-state index in [0.29, 0.717) is 0 Å². The molecular formula is C83H55N3S2. The smallest absolute Gasteiger partial charge is 0.0555 e. The molecule has 0 aliphatic heterocycles. The summed E-state index contributed by atoms with van der Waals surface area (Å²) in [5, 5.41) is 11.6. The molecule has 3 nitrogen and oxygen atoms in total. The molecule has 5 heteroatoms. The maximum atomic E-state index is 2.49. The van der Waals surface area contributed by atoms with Gasteiger partial charge in [-0.2, -0.15) is 0 Å². The van der Waals surface area contributed by atoms with Crippen molar-refractivity contribution in [2.24, 2.45) is 0 Å². The van der Waals surface area contributed by atoms with Crippen LogP contribution in [0.3, 0.4) is 0 Å². The Labute approximate surface area is 517 Å². The van der Waals surface area contributed by atoms with Crippen LogP contribution in [0.15, 0.2) is 291 Å². The number of benzene rings is 13. The highest BCUT2D eigenvalue weighted by Crippen LogP contribution is 2.46. The van der Waals surface area contributed by atoms with Crippen molar-refractivity contribution >= 4 is 118 Å². The normalized spacial score (nSPS) is 12.0. The Bertz CT molecular complexity index is 5830. The number of nitrogens with zero attached hydrogens (tertiary/aromatic N) is 3. The van der Waals surface area contributed by atoms with Crippen molar-refractivity contribution in [2.75, 3.05) is 0 Å². The Hall–Kier alpha value is -10.6. The molecule has 5 heterocycles. The van der Waals surface area contributed by atoms with E-state index in [9.17, 15) is 0 Å². The molecule has 0 saturated heterocycles. The molecule has 0 saturated carbocycles. The van der Waals surface area contributed by atoms with E-state index in [1.165, 1.54) is 167 Å². The van der Waals surface area contributed by atoms with E-state index < -0.39 is 0 Å². The molecule has 88 heavy (non-hydrogen) atoms. The van der Waals surface area contributed by atoms with E-state index in [-0.39, 0.29) is 0 Å². The van der Waals surface area contributed by atoms with Crippen LogP contribution in [0.1, 0.15) is 16.7 Å². The van der Waals surface area contributed by atoms with Crippen LogP contribution in [-0.2, 0) is 12.8 Å². The standard InChI is InChI=1S/C83H55N3S2/c1-52-31-32-56(58-39-44-75-70(50-58)65-23-10-13-26-73(65)86(75)76-27-16-30-80-82(76)68-25-12-14-28-78(68)87-80)48-69(52)63-22-9-8-17-53(63)33-34-54-35-40-64(83-81(54)67-24-11-15-29-79(67)88-83)59-36-41-66-71-49-57(38-43-74(71)85(77(66)51-59)62-20-6-3-7-21-62)55-37-42-72-60(47-55)45-46-84(72)61-18-4-2-5-19-61/h2-32,35-51H,33-34H2,1H3. The van der Waals surface area contributed by atoms with Crippen molar-refractivity contribution in [3.05, 3.63) is 308 Å². The lowest BCUT2D eigenvalue weighted by atomic mass is 9.89. The van der Waals surface area contributed by atoms with Gasteiger partial charge < -0.3 is 13.7 Å². The van der Waals surface area contributed by atoms with Crippen LogP contribution >= 0.6 is 22.7 Å². The zero-order chi connectivity index (χ0) is 58.0. The Morgan fingerprint density at radius 3 is 1.68 bits per heavy atom. The first-order valence-electron chi connectivity index (χ1n) is 30.4. The van der Waals surface area contributed by atoms with Crippen molar-refractivity contribution in [1.29, 1.82) is 0 Å². The molecular weight excluding hydrogens is 1100 g/mol. The molecule has 0 amide bonds. The summed E-state index contributed by atoms with van der Waals surface area (Å²) in [6, 6.07) is 106. The number of thiophene rings is 2. The fraction of sp³-hybridized carbons (Fsp3) is 0.0361. The van der Waals surface area contributed by atoms with Gasteiger partial charge in [-0.1, -0.05) is 176 Å². The summed E-state index contributed by atoms with van der Waals surface area (Å²) in [5.74, 6) is 0. The summed E-state index contributed by atoms with van der Waals surface area (Å²) in [6.07, 6.45) is 4.00. The molecule has 414 valence electrons. The van der Waals surface area contributed by atoms with Gasteiger partial charge in [0.15, 0.2) is 0 Å². The molecule has 0 fully saturated rings. The predicted octanol–water partition coefficient (Wildman–Crippen LogP) is 23.3. The SMILES string of the molecule is Cc1ccc(-c2ccc3c(c2)c2ccccc2n3-c2cccc3sc4ccccc4c23)cc1-c1ccccc1CCc1ccc(-c2ccc3c4cc(-c5ccc6c(ccn6-c6ccccc6)c5)ccc4n(-c4ccccc4)c3c2)c2sc3ccccc3c12. The number of para-hydroxylation sites is 3. The summed E-state index contributed by atoms with van der Waals surface area (Å²) in [4.78, 5) is 0. The average molecular weight is 1160 g/mol. The minimum atomic E-state index is 0.912. The minimum Gasteiger partial charge on any atom is -0.317 e. The average Bonchev–Trinajstić information content (AvgIpc) is 3.36. The second-order valence-electron chi connectivity index (χ2n) is 23.5. The van der Waals surface area contributed by atoms with E-state index in [4.69, 9.17) is 0 Å². The van der Waals surface area contributed by atoms with E-state index in [1.54, 1.807) is 0 Å². The third-order valence-corrected chi connectivity index (χ3v) is 20.9. The summed E-state index contributed by atoms with van der Waals surface area (Å²) in [6.45, 7) is 2.27. The van der Waals surface area contributed by atoms with Crippen molar-refractivity contribution in [1.82, 2.24) is 13.7 Å². The van der Waals surface area contributed by atoms with Gasteiger partial charge in [0.2, 0.25) is 0 Å². The largest absolute Gasteiger partial charge is 0.317 e. The molecule has 0 N–H and O–H groups in total.